The van der Waals surface area contributed by atoms with E-state index in [-0.39, 0.29) is 0 Å². The minimum atomic E-state index is 0.437. The van der Waals surface area contributed by atoms with Gasteiger partial charge in [0.25, 0.3) is 0 Å². The molecule has 3 nitrogen and oxygen atoms in total. The molecule has 1 aromatic carbocycles. The van der Waals surface area contributed by atoms with E-state index in [1.54, 1.807) is 10.7 Å². The molecule has 1 heterocycles. The molecule has 86 valence electrons. The van der Waals surface area contributed by atoms with Gasteiger partial charge < -0.3 is 0 Å². The molecule has 0 aliphatic carbocycles. The summed E-state index contributed by atoms with van der Waals surface area (Å²) >= 11 is 9.47. The molecule has 0 radical (unpaired) electrons. The molecule has 0 atom stereocenters. The van der Waals surface area contributed by atoms with Crippen LogP contribution in [0.2, 0.25) is 5.02 Å². The smallest absolute Gasteiger partial charge is 0.103 e. The summed E-state index contributed by atoms with van der Waals surface area (Å²) < 4.78 is 2.67. The minimum absolute atomic E-state index is 0.437. The third kappa shape index (κ3) is 1.97. The molecule has 0 saturated heterocycles. The summed E-state index contributed by atoms with van der Waals surface area (Å²) in [5, 5.41) is 14.0. The normalized spacial score (nSPS) is 10.3. The lowest BCUT2D eigenvalue weighted by Crippen LogP contribution is -2.02. The first-order valence-electron chi connectivity index (χ1n) is 4.97. The lowest BCUT2D eigenvalue weighted by Gasteiger charge is -2.07. The summed E-state index contributed by atoms with van der Waals surface area (Å²) in [7, 11) is 0. The monoisotopic (exact) mass is 309 g/mol. The topological polar surface area (TPSA) is 41.6 Å². The Balaban J connectivity index is 2.74. The fourth-order valence-corrected chi connectivity index (χ4v) is 2.12. The van der Waals surface area contributed by atoms with Crippen molar-refractivity contribution in [3.8, 4) is 11.8 Å². The maximum Gasteiger partial charge on any atom is 0.103 e. The molecule has 5 heteroatoms. The van der Waals surface area contributed by atoms with Crippen molar-refractivity contribution >= 4 is 27.5 Å². The first-order valence-corrected chi connectivity index (χ1v) is 6.14. The SMILES string of the molecule is Cc1nn(-c2cccc(Cl)c2C#N)c(C)c1Br. The maximum absolute atomic E-state index is 9.14. The second kappa shape index (κ2) is 4.52. The van der Waals surface area contributed by atoms with Gasteiger partial charge in [0.05, 0.1) is 32.1 Å². The van der Waals surface area contributed by atoms with Crippen LogP contribution >= 0.6 is 27.5 Å². The van der Waals surface area contributed by atoms with Crippen LogP contribution in [0.4, 0.5) is 0 Å². The Kier molecular flexibility index (Phi) is 3.23. The van der Waals surface area contributed by atoms with Gasteiger partial charge in [0.1, 0.15) is 6.07 Å². The molecule has 0 aliphatic heterocycles. The summed E-state index contributed by atoms with van der Waals surface area (Å²) in [6.45, 7) is 3.84. The average Bonchev–Trinajstić information content (AvgIpc) is 2.56. The first kappa shape index (κ1) is 12.2. The molecule has 0 amide bonds. The van der Waals surface area contributed by atoms with E-state index in [0.717, 1.165) is 15.9 Å². The number of hydrogen-bond acceptors (Lipinski definition) is 2. The zero-order chi connectivity index (χ0) is 12.6. The van der Waals surface area contributed by atoms with Crippen molar-refractivity contribution in [2.75, 3.05) is 0 Å². The lowest BCUT2D eigenvalue weighted by molar-refractivity contribution is 0.831. The van der Waals surface area contributed by atoms with E-state index < -0.39 is 0 Å². The first-order chi connectivity index (χ1) is 8.06. The Hall–Kier alpha value is -1.31. The van der Waals surface area contributed by atoms with Crippen LogP contribution in [0, 0.1) is 25.2 Å². The van der Waals surface area contributed by atoms with E-state index in [4.69, 9.17) is 16.9 Å². The molecule has 0 N–H and O–H groups in total. The van der Waals surface area contributed by atoms with Crippen LogP contribution in [-0.2, 0) is 0 Å². The van der Waals surface area contributed by atoms with Gasteiger partial charge in [-0.15, -0.1) is 0 Å². The highest BCUT2D eigenvalue weighted by atomic mass is 79.9. The molecule has 2 rings (SSSR count). The summed E-state index contributed by atoms with van der Waals surface area (Å²) in [5.74, 6) is 0. The highest BCUT2D eigenvalue weighted by Crippen LogP contribution is 2.27. The number of aryl methyl sites for hydroxylation is 1. The summed E-state index contributed by atoms with van der Waals surface area (Å²) in [4.78, 5) is 0. The van der Waals surface area contributed by atoms with Crippen molar-refractivity contribution in [1.29, 1.82) is 5.26 Å². The van der Waals surface area contributed by atoms with E-state index in [2.05, 4.69) is 27.1 Å². The fraction of sp³-hybridized carbons (Fsp3) is 0.167. The van der Waals surface area contributed by atoms with Gasteiger partial charge in [0.2, 0.25) is 0 Å². The van der Waals surface area contributed by atoms with Gasteiger partial charge >= 0.3 is 0 Å². The Bertz CT molecular complexity index is 625. The molecular weight excluding hydrogens is 302 g/mol. The number of hydrogen-bond donors (Lipinski definition) is 0. The molecule has 0 bridgehead atoms. The van der Waals surface area contributed by atoms with Gasteiger partial charge in [0, 0.05) is 0 Å². The van der Waals surface area contributed by atoms with Gasteiger partial charge in [-0.3, -0.25) is 0 Å². The van der Waals surface area contributed by atoms with Gasteiger partial charge in [-0.25, -0.2) is 4.68 Å². The van der Waals surface area contributed by atoms with Crippen LogP contribution in [0.1, 0.15) is 17.0 Å². The Labute approximate surface area is 113 Å². The molecular formula is C12H9BrClN3. The fourth-order valence-electron chi connectivity index (χ4n) is 1.66. The van der Waals surface area contributed by atoms with Crippen molar-refractivity contribution in [3.63, 3.8) is 0 Å². The van der Waals surface area contributed by atoms with Gasteiger partial charge in [-0.1, -0.05) is 17.7 Å². The Morgan fingerprint density at radius 3 is 2.65 bits per heavy atom. The minimum Gasteiger partial charge on any atom is -0.235 e. The number of nitriles is 1. The number of nitrogens with zero attached hydrogens (tertiary/aromatic N) is 3. The Morgan fingerprint density at radius 1 is 1.41 bits per heavy atom. The number of benzene rings is 1. The average molecular weight is 311 g/mol. The zero-order valence-corrected chi connectivity index (χ0v) is 11.7. The van der Waals surface area contributed by atoms with Crippen LogP contribution in [0.25, 0.3) is 5.69 Å². The van der Waals surface area contributed by atoms with Crippen molar-refractivity contribution in [2.45, 2.75) is 13.8 Å². The second-order valence-electron chi connectivity index (χ2n) is 3.64. The summed E-state index contributed by atoms with van der Waals surface area (Å²) in [6.07, 6.45) is 0. The van der Waals surface area contributed by atoms with Crippen molar-refractivity contribution < 1.29 is 0 Å². The molecule has 2 aromatic rings. The third-order valence-corrected chi connectivity index (χ3v) is 4.00. The lowest BCUT2D eigenvalue weighted by atomic mass is 10.2. The highest BCUT2D eigenvalue weighted by Gasteiger charge is 2.14. The highest BCUT2D eigenvalue weighted by molar-refractivity contribution is 9.10. The van der Waals surface area contributed by atoms with Crippen molar-refractivity contribution in [2.24, 2.45) is 0 Å². The number of aromatic nitrogens is 2. The number of rotatable bonds is 1. The molecule has 0 unspecified atom stereocenters. The van der Waals surface area contributed by atoms with Crippen molar-refractivity contribution in [3.05, 3.63) is 44.6 Å². The van der Waals surface area contributed by atoms with Crippen LogP contribution in [0.5, 0.6) is 0 Å². The zero-order valence-electron chi connectivity index (χ0n) is 9.33. The Morgan fingerprint density at radius 2 is 2.12 bits per heavy atom. The van der Waals surface area contributed by atoms with Gasteiger partial charge in [-0.2, -0.15) is 10.4 Å². The molecule has 1 aromatic heterocycles. The van der Waals surface area contributed by atoms with Gasteiger partial charge in [-0.05, 0) is 41.9 Å². The van der Waals surface area contributed by atoms with E-state index in [1.165, 1.54) is 0 Å². The quantitative estimate of drug-likeness (QED) is 0.804. The predicted molar refractivity (Wildman–Crippen MR) is 70.5 cm³/mol. The second-order valence-corrected chi connectivity index (χ2v) is 4.84. The largest absolute Gasteiger partial charge is 0.235 e. The van der Waals surface area contributed by atoms with E-state index >= 15 is 0 Å². The van der Waals surface area contributed by atoms with Gasteiger partial charge in [0.15, 0.2) is 0 Å². The molecule has 0 spiro atoms. The van der Waals surface area contributed by atoms with E-state index in [9.17, 15) is 0 Å². The molecule has 17 heavy (non-hydrogen) atoms. The summed E-state index contributed by atoms with van der Waals surface area (Å²) in [5.41, 5.74) is 2.96. The predicted octanol–water partition coefficient (Wildman–Crippen LogP) is 3.78. The maximum atomic E-state index is 9.14. The van der Waals surface area contributed by atoms with E-state index in [1.807, 2.05) is 26.0 Å². The molecule has 0 fully saturated rings. The summed E-state index contributed by atoms with van der Waals surface area (Å²) in [6, 6.07) is 7.45. The van der Waals surface area contributed by atoms with Crippen molar-refractivity contribution in [1.82, 2.24) is 9.78 Å². The van der Waals surface area contributed by atoms with Crippen LogP contribution in [0.3, 0.4) is 0 Å². The molecule has 0 saturated carbocycles. The number of halogens is 2. The standard InChI is InChI=1S/C12H9BrClN3/c1-7-12(13)8(2)17(16-7)11-5-3-4-10(14)9(11)6-15/h3-5H,1-2H3. The van der Waals surface area contributed by atoms with Crippen LogP contribution in [-0.4, -0.2) is 9.78 Å². The van der Waals surface area contributed by atoms with Crippen LogP contribution < -0.4 is 0 Å². The van der Waals surface area contributed by atoms with Crippen LogP contribution in [0.15, 0.2) is 22.7 Å². The third-order valence-electron chi connectivity index (χ3n) is 2.53. The molecule has 0 aliphatic rings. The van der Waals surface area contributed by atoms with E-state index in [0.29, 0.717) is 16.3 Å².